The number of rotatable bonds is 1. The average Bonchev–Trinajstić information content (AvgIpc) is 3.65. The Balaban J connectivity index is 1.40. The van der Waals surface area contributed by atoms with E-state index in [9.17, 15) is 0 Å². The van der Waals surface area contributed by atoms with Crippen LogP contribution in [0.5, 0.6) is 0 Å². The van der Waals surface area contributed by atoms with E-state index in [1.807, 2.05) is 6.07 Å². The minimum atomic E-state index is 0.170. The van der Waals surface area contributed by atoms with Crippen LogP contribution in [0.25, 0.3) is 77.1 Å². The van der Waals surface area contributed by atoms with Crippen LogP contribution in [-0.4, -0.2) is 10.4 Å². The Bertz CT molecular complexity index is 2460. The number of hydrogen-bond acceptors (Lipinski definition) is 2. The lowest BCUT2D eigenvalue weighted by Gasteiger charge is -2.25. The molecule has 1 atom stereocenters. The first-order valence-corrected chi connectivity index (χ1v) is 13.8. The molecule has 0 radical (unpaired) electrons. The monoisotopic (exact) mass is 510 g/mol. The van der Waals surface area contributed by atoms with Gasteiger partial charge >= 0.3 is 0 Å². The Morgan fingerprint density at radius 1 is 0.675 bits per heavy atom. The van der Waals surface area contributed by atoms with E-state index in [0.717, 1.165) is 22.4 Å². The quantitative estimate of drug-likeness (QED) is 0.238. The molecule has 1 aliphatic carbocycles. The summed E-state index contributed by atoms with van der Waals surface area (Å²) < 4.78 is 8.79. The van der Waals surface area contributed by atoms with Gasteiger partial charge in [-0.3, -0.25) is 4.40 Å². The molecular weight excluding hydrogens is 488 g/mol. The summed E-state index contributed by atoms with van der Waals surface area (Å²) in [6.45, 7) is 0. The molecule has 0 bridgehead atoms. The first-order chi connectivity index (χ1) is 19.8. The van der Waals surface area contributed by atoms with Gasteiger partial charge in [-0.25, -0.2) is 0 Å². The third-order valence-corrected chi connectivity index (χ3v) is 8.88. The molecule has 3 nitrogen and oxygen atoms in total. The fourth-order valence-electron chi connectivity index (χ4n) is 7.10. The Morgan fingerprint density at radius 3 is 2.52 bits per heavy atom. The molecule has 4 heterocycles. The highest BCUT2D eigenvalue weighted by Gasteiger charge is 2.28. The second-order valence-electron chi connectivity index (χ2n) is 11.0. The fourth-order valence-corrected chi connectivity index (χ4v) is 7.10. The van der Waals surface area contributed by atoms with Crippen LogP contribution >= 0.6 is 0 Å². The Hall–Kier alpha value is -5.28. The van der Waals surface area contributed by atoms with Crippen molar-refractivity contribution >= 4 is 71.8 Å². The number of furan rings is 1. The van der Waals surface area contributed by atoms with Crippen LogP contribution in [-0.2, 0) is 0 Å². The van der Waals surface area contributed by atoms with Crippen LogP contribution in [0.15, 0.2) is 125 Å². The predicted octanol–water partition coefficient (Wildman–Crippen LogP) is 9.71. The number of fused-ring (bicyclic) bond motifs is 12. The highest BCUT2D eigenvalue weighted by atomic mass is 16.3. The van der Waals surface area contributed by atoms with Crippen molar-refractivity contribution in [3.8, 4) is 11.1 Å². The van der Waals surface area contributed by atoms with Crippen LogP contribution in [0.4, 0.5) is 5.82 Å². The molecule has 40 heavy (non-hydrogen) atoms. The topological polar surface area (TPSA) is 29.6 Å². The van der Waals surface area contributed by atoms with Crippen LogP contribution in [0.3, 0.4) is 0 Å². The van der Waals surface area contributed by atoms with Crippen LogP contribution < -0.4 is 5.32 Å². The molecule has 0 fully saturated rings. The van der Waals surface area contributed by atoms with Gasteiger partial charge in [0.25, 0.3) is 0 Å². The molecule has 0 saturated carbocycles. The van der Waals surface area contributed by atoms with E-state index in [1.54, 1.807) is 0 Å². The number of nitrogens with one attached hydrogen (secondary N) is 1. The standard InChI is InChI=1S/C37H22N2O/c1-2-8-22-17-23(14-13-21(22)7-1)25-19-27-28-18-24-9-3-5-11-30(24)38-37(28)39-31-15-16-33-35(34(31)29(20-25)36(27)39)26-10-4-6-12-32(26)40-33/h1-20,30,38H. The second-order valence-corrected chi connectivity index (χ2v) is 11.0. The molecule has 5 aromatic carbocycles. The summed E-state index contributed by atoms with van der Waals surface area (Å²) in [5.74, 6) is 1.16. The van der Waals surface area contributed by atoms with E-state index >= 15 is 0 Å². The first kappa shape index (κ1) is 20.7. The lowest BCUT2D eigenvalue weighted by molar-refractivity contribution is 0.669. The lowest BCUT2D eigenvalue weighted by Crippen LogP contribution is -2.24. The van der Waals surface area contributed by atoms with Gasteiger partial charge in [0, 0.05) is 32.5 Å². The molecule has 8 aromatic rings. The summed E-state index contributed by atoms with van der Waals surface area (Å²) in [6, 6.07) is 33.1. The zero-order chi connectivity index (χ0) is 25.9. The number of para-hydroxylation sites is 1. The van der Waals surface area contributed by atoms with Crippen molar-refractivity contribution in [1.82, 2.24) is 4.40 Å². The van der Waals surface area contributed by atoms with Gasteiger partial charge in [0.1, 0.15) is 17.0 Å². The number of hydrogen-bond donors (Lipinski definition) is 1. The van der Waals surface area contributed by atoms with Gasteiger partial charge in [0.2, 0.25) is 0 Å². The summed E-state index contributed by atoms with van der Waals surface area (Å²) in [6.07, 6.45) is 11.1. The number of anilines is 1. The third-order valence-electron chi connectivity index (χ3n) is 8.88. The molecule has 2 aliphatic rings. The minimum Gasteiger partial charge on any atom is -0.456 e. The number of allylic oxidation sites excluding steroid dienone is 2. The molecule has 1 unspecified atom stereocenters. The van der Waals surface area contributed by atoms with Gasteiger partial charge in [-0.1, -0.05) is 78.9 Å². The maximum absolute atomic E-state index is 6.34. The largest absolute Gasteiger partial charge is 0.456 e. The van der Waals surface area contributed by atoms with Crippen LogP contribution in [0.1, 0.15) is 5.56 Å². The van der Waals surface area contributed by atoms with E-state index in [2.05, 4.69) is 125 Å². The number of benzene rings is 5. The Labute approximate surface area is 229 Å². The van der Waals surface area contributed by atoms with Gasteiger partial charge in [-0.2, -0.15) is 0 Å². The van der Waals surface area contributed by atoms with Crippen molar-refractivity contribution in [1.29, 1.82) is 0 Å². The van der Waals surface area contributed by atoms with E-state index in [-0.39, 0.29) is 6.04 Å². The molecular formula is C37H22N2O. The van der Waals surface area contributed by atoms with Gasteiger partial charge in [0.05, 0.1) is 17.1 Å². The predicted molar refractivity (Wildman–Crippen MR) is 167 cm³/mol. The number of aromatic nitrogens is 1. The van der Waals surface area contributed by atoms with Crippen molar-refractivity contribution in [2.24, 2.45) is 0 Å². The fraction of sp³-hybridized carbons (Fsp3) is 0.0270. The minimum absolute atomic E-state index is 0.170. The first-order valence-electron chi connectivity index (χ1n) is 13.8. The summed E-state index contributed by atoms with van der Waals surface area (Å²) >= 11 is 0. The molecule has 0 saturated heterocycles. The smallest absolute Gasteiger partial charge is 0.136 e. The summed E-state index contributed by atoms with van der Waals surface area (Å²) in [4.78, 5) is 0. The van der Waals surface area contributed by atoms with E-state index < -0.39 is 0 Å². The highest BCUT2D eigenvalue weighted by molar-refractivity contribution is 6.30. The molecule has 0 spiro atoms. The van der Waals surface area contributed by atoms with Gasteiger partial charge in [-0.15, -0.1) is 0 Å². The second kappa shape index (κ2) is 7.22. The highest BCUT2D eigenvalue weighted by Crippen LogP contribution is 2.48. The zero-order valence-electron chi connectivity index (χ0n) is 21.5. The molecule has 1 aliphatic heterocycles. The van der Waals surface area contributed by atoms with Crippen LogP contribution in [0, 0.1) is 0 Å². The van der Waals surface area contributed by atoms with Crippen molar-refractivity contribution in [2.75, 3.05) is 5.32 Å². The van der Waals surface area contributed by atoms with Gasteiger partial charge in [-0.05, 0) is 69.9 Å². The molecule has 3 aromatic heterocycles. The zero-order valence-corrected chi connectivity index (χ0v) is 21.5. The molecule has 10 rings (SSSR count). The van der Waals surface area contributed by atoms with E-state index in [0.29, 0.717) is 0 Å². The summed E-state index contributed by atoms with van der Waals surface area (Å²) in [5.41, 5.74) is 9.33. The third kappa shape index (κ3) is 2.55. The van der Waals surface area contributed by atoms with E-state index in [4.69, 9.17) is 4.42 Å². The van der Waals surface area contributed by atoms with Crippen molar-refractivity contribution in [2.45, 2.75) is 6.04 Å². The van der Waals surface area contributed by atoms with Gasteiger partial charge < -0.3 is 9.73 Å². The van der Waals surface area contributed by atoms with Crippen molar-refractivity contribution < 1.29 is 4.42 Å². The van der Waals surface area contributed by atoms with Crippen LogP contribution in [0.2, 0.25) is 0 Å². The maximum Gasteiger partial charge on any atom is 0.136 e. The Morgan fingerprint density at radius 2 is 1.55 bits per heavy atom. The van der Waals surface area contributed by atoms with Crippen molar-refractivity contribution in [3.05, 3.63) is 126 Å². The lowest BCUT2D eigenvalue weighted by atomic mass is 9.93. The summed E-state index contributed by atoms with van der Waals surface area (Å²) in [7, 11) is 0. The average molecular weight is 511 g/mol. The van der Waals surface area contributed by atoms with E-state index in [1.165, 1.54) is 65.6 Å². The molecule has 3 heteroatoms. The number of nitrogens with zero attached hydrogens (tertiary/aromatic N) is 1. The molecule has 186 valence electrons. The molecule has 1 N–H and O–H groups in total. The summed E-state index contributed by atoms with van der Waals surface area (Å²) in [5, 5.41) is 12.5. The Kier molecular flexibility index (Phi) is 3.73. The van der Waals surface area contributed by atoms with Gasteiger partial charge in [0.15, 0.2) is 0 Å². The normalized spacial score (nSPS) is 16.4. The SMILES string of the molecule is C1=CC2=Cc3c(n4c5ccc6oc7ccccc7c6c5c5cc(-c6ccc7ccccc7c6)cc3c54)NC2C=C1. The molecule has 0 amide bonds. The van der Waals surface area contributed by atoms with Crippen molar-refractivity contribution in [3.63, 3.8) is 0 Å². The maximum atomic E-state index is 6.34.